The third-order valence-corrected chi connectivity index (χ3v) is 8.09. The van der Waals surface area contributed by atoms with Gasteiger partial charge in [0, 0.05) is 27.7 Å². The topological polar surface area (TPSA) is 16.4 Å². The zero-order chi connectivity index (χ0) is 28.1. The van der Waals surface area contributed by atoms with Crippen LogP contribution in [0.2, 0.25) is 0 Å². The fourth-order valence-electron chi connectivity index (χ4n) is 6.25. The highest BCUT2D eigenvalue weighted by molar-refractivity contribution is 6.18. The lowest BCUT2D eigenvalue weighted by Gasteiger charge is -2.30. The molecule has 0 aliphatic heterocycles. The molecule has 0 radical (unpaired) electrons. The minimum absolute atomic E-state index is 0.358. The number of fused-ring (bicyclic) bond motifs is 4. The van der Waals surface area contributed by atoms with Crippen LogP contribution in [0, 0.1) is 13.8 Å². The second-order valence-corrected chi connectivity index (χ2v) is 11.4. The molecule has 0 saturated heterocycles. The molecule has 0 unspecified atom stereocenters. The van der Waals surface area contributed by atoms with E-state index in [9.17, 15) is 0 Å². The van der Waals surface area contributed by atoms with E-state index in [0.717, 1.165) is 39.0 Å². The van der Waals surface area contributed by atoms with E-state index < -0.39 is 0 Å². The number of anilines is 3. The maximum absolute atomic E-state index is 6.51. The van der Waals surface area contributed by atoms with E-state index in [4.69, 9.17) is 4.42 Å². The minimum atomic E-state index is 0.358. The molecule has 1 aromatic heterocycles. The van der Waals surface area contributed by atoms with Gasteiger partial charge in [0.2, 0.25) is 0 Å². The standard InChI is InChI=1S/C39H33NO/c1-25(2)33-24-35(40(28-13-7-5-8-14-28)29-15-9-6-10-16-29)38(31-18-12-11-17-30(31)33)34-21-27(4)23-37-39(34)32-20-19-26(3)22-36(32)41-37/h5-25H,1-4H3. The van der Waals surface area contributed by atoms with Gasteiger partial charge >= 0.3 is 0 Å². The summed E-state index contributed by atoms with van der Waals surface area (Å²) in [6.45, 7) is 8.86. The molecule has 7 aromatic rings. The van der Waals surface area contributed by atoms with Gasteiger partial charge in [0.15, 0.2) is 0 Å². The average molecular weight is 532 g/mol. The number of nitrogens with zero attached hydrogens (tertiary/aromatic N) is 1. The van der Waals surface area contributed by atoms with Gasteiger partial charge in [0.1, 0.15) is 11.2 Å². The smallest absolute Gasteiger partial charge is 0.136 e. The number of furan rings is 1. The number of benzene rings is 6. The van der Waals surface area contributed by atoms with Crippen LogP contribution in [-0.4, -0.2) is 0 Å². The first-order chi connectivity index (χ1) is 20.0. The highest BCUT2D eigenvalue weighted by Gasteiger charge is 2.25. The summed E-state index contributed by atoms with van der Waals surface area (Å²) in [4.78, 5) is 2.41. The molecular formula is C39H33NO. The predicted octanol–water partition coefficient (Wildman–Crippen LogP) is 11.6. The molecule has 0 N–H and O–H groups in total. The first-order valence-corrected chi connectivity index (χ1v) is 14.4. The molecule has 0 bridgehead atoms. The molecule has 1 heterocycles. The zero-order valence-corrected chi connectivity index (χ0v) is 24.0. The first-order valence-electron chi connectivity index (χ1n) is 14.4. The van der Waals surface area contributed by atoms with Crippen molar-refractivity contribution in [1.82, 2.24) is 0 Å². The molecule has 2 heteroatoms. The maximum atomic E-state index is 6.51. The maximum Gasteiger partial charge on any atom is 0.136 e. The summed E-state index contributed by atoms with van der Waals surface area (Å²) in [5.41, 5.74) is 11.4. The highest BCUT2D eigenvalue weighted by atomic mass is 16.3. The molecule has 0 aliphatic rings. The minimum Gasteiger partial charge on any atom is -0.456 e. The highest BCUT2D eigenvalue weighted by Crippen LogP contribution is 2.49. The molecular weight excluding hydrogens is 498 g/mol. The van der Waals surface area contributed by atoms with Crippen LogP contribution < -0.4 is 4.90 Å². The summed E-state index contributed by atoms with van der Waals surface area (Å²) < 4.78 is 6.51. The number of hydrogen-bond acceptors (Lipinski definition) is 2. The predicted molar refractivity (Wildman–Crippen MR) is 175 cm³/mol. The van der Waals surface area contributed by atoms with Crippen molar-refractivity contribution in [2.75, 3.05) is 4.90 Å². The van der Waals surface area contributed by atoms with Gasteiger partial charge in [-0.05, 0) is 95.3 Å². The van der Waals surface area contributed by atoms with Crippen LogP contribution in [0.1, 0.15) is 36.5 Å². The molecule has 0 spiro atoms. The molecule has 7 rings (SSSR count). The summed E-state index contributed by atoms with van der Waals surface area (Å²) in [6, 6.07) is 43.8. The number of aryl methyl sites for hydroxylation is 2. The molecule has 0 aliphatic carbocycles. The monoisotopic (exact) mass is 531 g/mol. The summed E-state index contributed by atoms with van der Waals surface area (Å²) in [7, 11) is 0. The Hall–Kier alpha value is -4.82. The van der Waals surface area contributed by atoms with Crippen LogP contribution >= 0.6 is 0 Å². The van der Waals surface area contributed by atoms with Gasteiger partial charge in [-0.3, -0.25) is 0 Å². The lowest BCUT2D eigenvalue weighted by molar-refractivity contribution is 0.668. The van der Waals surface area contributed by atoms with Crippen LogP contribution in [0.5, 0.6) is 0 Å². The Morgan fingerprint density at radius 1 is 0.561 bits per heavy atom. The summed E-state index contributed by atoms with van der Waals surface area (Å²) in [6.07, 6.45) is 0. The van der Waals surface area contributed by atoms with Crippen LogP contribution in [0.3, 0.4) is 0 Å². The molecule has 0 saturated carbocycles. The number of para-hydroxylation sites is 2. The largest absolute Gasteiger partial charge is 0.456 e. The van der Waals surface area contributed by atoms with Crippen molar-refractivity contribution in [3.8, 4) is 11.1 Å². The summed E-state index contributed by atoms with van der Waals surface area (Å²) in [5, 5.41) is 4.85. The van der Waals surface area contributed by atoms with Gasteiger partial charge in [-0.2, -0.15) is 0 Å². The summed E-state index contributed by atoms with van der Waals surface area (Å²) in [5.74, 6) is 0.358. The van der Waals surface area contributed by atoms with Gasteiger partial charge in [-0.1, -0.05) is 92.7 Å². The van der Waals surface area contributed by atoms with Crippen LogP contribution in [-0.2, 0) is 0 Å². The van der Waals surface area contributed by atoms with Crippen molar-refractivity contribution in [2.45, 2.75) is 33.6 Å². The lowest BCUT2D eigenvalue weighted by atomic mass is 9.86. The normalized spacial score (nSPS) is 11.6. The lowest BCUT2D eigenvalue weighted by Crippen LogP contribution is -2.12. The second-order valence-electron chi connectivity index (χ2n) is 11.4. The third kappa shape index (κ3) is 4.28. The molecule has 0 atom stereocenters. The van der Waals surface area contributed by atoms with Gasteiger partial charge in [0.25, 0.3) is 0 Å². The third-order valence-electron chi connectivity index (χ3n) is 8.09. The SMILES string of the molecule is Cc1ccc2c(c1)oc1cc(C)cc(-c3c(N(c4ccccc4)c4ccccc4)cc(C(C)C)c4ccccc34)c12. The van der Waals surface area contributed by atoms with Gasteiger partial charge in [-0.15, -0.1) is 0 Å². The van der Waals surface area contributed by atoms with Gasteiger partial charge < -0.3 is 9.32 Å². The van der Waals surface area contributed by atoms with E-state index in [0.29, 0.717) is 5.92 Å². The fourth-order valence-corrected chi connectivity index (χ4v) is 6.25. The first kappa shape index (κ1) is 25.2. The van der Waals surface area contributed by atoms with E-state index >= 15 is 0 Å². The van der Waals surface area contributed by atoms with Gasteiger partial charge in [0.05, 0.1) is 5.69 Å². The molecule has 2 nitrogen and oxygen atoms in total. The Bertz CT molecular complexity index is 1990. The van der Waals surface area contributed by atoms with Crippen molar-refractivity contribution in [1.29, 1.82) is 0 Å². The Balaban J connectivity index is 1.68. The fraction of sp³-hybridized carbons (Fsp3) is 0.128. The van der Waals surface area contributed by atoms with Crippen LogP contribution in [0.15, 0.2) is 126 Å². The number of hydrogen-bond donors (Lipinski definition) is 0. The molecule has 41 heavy (non-hydrogen) atoms. The van der Waals surface area contributed by atoms with Crippen molar-refractivity contribution >= 4 is 49.8 Å². The van der Waals surface area contributed by atoms with E-state index in [1.807, 2.05) is 0 Å². The Morgan fingerprint density at radius 3 is 1.83 bits per heavy atom. The van der Waals surface area contributed by atoms with Crippen molar-refractivity contribution < 1.29 is 4.42 Å². The molecule has 6 aromatic carbocycles. The molecule has 0 fully saturated rings. The Kier molecular flexibility index (Phi) is 6.12. The van der Waals surface area contributed by atoms with Gasteiger partial charge in [-0.25, -0.2) is 0 Å². The summed E-state index contributed by atoms with van der Waals surface area (Å²) >= 11 is 0. The van der Waals surface area contributed by atoms with Crippen LogP contribution in [0.4, 0.5) is 17.1 Å². The van der Waals surface area contributed by atoms with Crippen molar-refractivity contribution in [3.05, 3.63) is 138 Å². The van der Waals surface area contributed by atoms with Crippen LogP contribution in [0.25, 0.3) is 43.8 Å². The van der Waals surface area contributed by atoms with E-state index in [2.05, 4.69) is 154 Å². The Morgan fingerprint density at radius 2 is 1.17 bits per heavy atom. The van der Waals surface area contributed by atoms with Crippen molar-refractivity contribution in [2.24, 2.45) is 0 Å². The molecule has 200 valence electrons. The van der Waals surface area contributed by atoms with E-state index in [-0.39, 0.29) is 0 Å². The quantitative estimate of drug-likeness (QED) is 0.220. The Labute approximate surface area is 241 Å². The van der Waals surface area contributed by atoms with E-state index in [1.54, 1.807) is 0 Å². The zero-order valence-electron chi connectivity index (χ0n) is 24.0. The van der Waals surface area contributed by atoms with E-state index in [1.165, 1.54) is 38.6 Å². The van der Waals surface area contributed by atoms with Crippen molar-refractivity contribution in [3.63, 3.8) is 0 Å². The average Bonchev–Trinajstić information content (AvgIpc) is 3.34. The number of rotatable bonds is 5. The molecule has 0 amide bonds. The second kappa shape index (κ2) is 9.98.